The SMILES string of the molecule is C/C(N)=C(\C#N)c1nc(-c2ccccc2)c(C(=O)Nc2ccc3c(c2)OCO3)s1. The van der Waals surface area contributed by atoms with E-state index in [9.17, 15) is 10.1 Å². The molecule has 0 saturated heterocycles. The van der Waals surface area contributed by atoms with E-state index in [4.69, 9.17) is 15.2 Å². The Bertz CT molecular complexity index is 1160. The third-order valence-corrected chi connectivity index (χ3v) is 5.30. The van der Waals surface area contributed by atoms with E-state index >= 15 is 0 Å². The fraction of sp³-hybridized carbons (Fsp3) is 0.0952. The van der Waals surface area contributed by atoms with Gasteiger partial charge in [0.05, 0.1) is 5.69 Å². The first-order valence-corrected chi connectivity index (χ1v) is 9.52. The van der Waals surface area contributed by atoms with Crippen LogP contribution in [0.5, 0.6) is 11.5 Å². The molecule has 7 nitrogen and oxygen atoms in total. The van der Waals surface area contributed by atoms with Crippen LogP contribution in [0.15, 0.2) is 54.2 Å². The quantitative estimate of drug-likeness (QED) is 0.636. The second-order valence-corrected chi connectivity index (χ2v) is 7.25. The van der Waals surface area contributed by atoms with Crippen LogP contribution in [0.1, 0.15) is 21.6 Å². The fourth-order valence-corrected chi connectivity index (χ4v) is 3.88. The van der Waals surface area contributed by atoms with Gasteiger partial charge >= 0.3 is 0 Å². The molecule has 0 atom stereocenters. The number of amides is 1. The molecule has 3 N–H and O–H groups in total. The van der Waals surface area contributed by atoms with Crippen molar-refractivity contribution >= 4 is 28.5 Å². The smallest absolute Gasteiger partial charge is 0.268 e. The van der Waals surface area contributed by atoms with Crippen molar-refractivity contribution in [2.45, 2.75) is 6.92 Å². The zero-order valence-corrected chi connectivity index (χ0v) is 16.2. The number of thiazole rings is 1. The molecule has 0 saturated carbocycles. The molecule has 1 aliphatic heterocycles. The first-order valence-electron chi connectivity index (χ1n) is 8.71. The van der Waals surface area contributed by atoms with Crippen molar-refractivity contribution < 1.29 is 14.3 Å². The summed E-state index contributed by atoms with van der Waals surface area (Å²) >= 11 is 1.13. The molecular formula is C21H16N4O3S. The van der Waals surface area contributed by atoms with Gasteiger partial charge in [0.2, 0.25) is 6.79 Å². The van der Waals surface area contributed by atoms with Gasteiger partial charge in [0.1, 0.15) is 21.5 Å². The summed E-state index contributed by atoms with van der Waals surface area (Å²) in [4.78, 5) is 18.0. The summed E-state index contributed by atoms with van der Waals surface area (Å²) in [5.74, 6) is 0.873. The van der Waals surface area contributed by atoms with Gasteiger partial charge in [-0.1, -0.05) is 30.3 Å². The van der Waals surface area contributed by atoms with Crippen LogP contribution in [0.4, 0.5) is 5.69 Å². The molecule has 0 fully saturated rings. The Morgan fingerprint density at radius 2 is 1.97 bits per heavy atom. The van der Waals surface area contributed by atoms with E-state index in [1.165, 1.54) is 0 Å². The number of rotatable bonds is 4. The van der Waals surface area contributed by atoms with Crippen molar-refractivity contribution in [2.24, 2.45) is 5.73 Å². The van der Waals surface area contributed by atoms with E-state index in [0.717, 1.165) is 16.9 Å². The van der Waals surface area contributed by atoms with E-state index < -0.39 is 0 Å². The van der Waals surface area contributed by atoms with E-state index in [2.05, 4.69) is 16.4 Å². The molecule has 1 amide bonds. The van der Waals surface area contributed by atoms with Crippen LogP contribution in [0.3, 0.4) is 0 Å². The van der Waals surface area contributed by atoms with E-state index in [1.807, 2.05) is 30.3 Å². The second kappa shape index (κ2) is 7.66. The summed E-state index contributed by atoms with van der Waals surface area (Å²) in [6.45, 7) is 1.79. The number of carbonyl (C=O) groups is 1. The number of nitrogens with two attached hydrogens (primary N) is 1. The van der Waals surface area contributed by atoms with Crippen LogP contribution in [-0.4, -0.2) is 17.7 Å². The molecule has 2 heterocycles. The summed E-state index contributed by atoms with van der Waals surface area (Å²) in [5.41, 5.74) is 8.28. The van der Waals surface area contributed by atoms with Gasteiger partial charge < -0.3 is 20.5 Å². The number of anilines is 1. The van der Waals surface area contributed by atoms with Crippen LogP contribution < -0.4 is 20.5 Å². The van der Waals surface area contributed by atoms with Crippen LogP contribution in [0, 0.1) is 11.3 Å². The van der Waals surface area contributed by atoms with Crippen LogP contribution >= 0.6 is 11.3 Å². The normalized spacial score (nSPS) is 12.8. The fourth-order valence-electron chi connectivity index (χ4n) is 2.84. The lowest BCUT2D eigenvalue weighted by Crippen LogP contribution is -2.11. The Balaban J connectivity index is 1.73. The van der Waals surface area contributed by atoms with Crippen molar-refractivity contribution in [3.63, 3.8) is 0 Å². The third-order valence-electron chi connectivity index (χ3n) is 4.23. The first kappa shape index (κ1) is 18.5. The van der Waals surface area contributed by atoms with Gasteiger partial charge in [-0.25, -0.2) is 4.98 Å². The minimum atomic E-state index is -0.335. The van der Waals surface area contributed by atoms with Gasteiger partial charge in [-0.15, -0.1) is 11.3 Å². The molecule has 29 heavy (non-hydrogen) atoms. The lowest BCUT2D eigenvalue weighted by molar-refractivity contribution is 0.103. The standard InChI is InChI=1S/C21H16N4O3S/c1-12(23)15(10-22)21-25-18(13-5-3-2-4-6-13)19(29-21)20(26)24-14-7-8-16-17(9-14)28-11-27-16/h2-9H,11,23H2,1H3,(H,24,26)/b15-12-. The summed E-state index contributed by atoms with van der Waals surface area (Å²) in [6.07, 6.45) is 0. The number of nitrogens with zero attached hydrogens (tertiary/aromatic N) is 2. The van der Waals surface area contributed by atoms with Gasteiger partial charge in [0.25, 0.3) is 5.91 Å². The van der Waals surface area contributed by atoms with Crippen molar-refractivity contribution in [1.29, 1.82) is 5.26 Å². The summed E-state index contributed by atoms with van der Waals surface area (Å²) in [5, 5.41) is 12.7. The lowest BCUT2D eigenvalue weighted by atomic mass is 10.1. The zero-order chi connectivity index (χ0) is 20.4. The van der Waals surface area contributed by atoms with E-state index in [-0.39, 0.29) is 18.3 Å². The molecule has 3 aromatic rings. The molecule has 0 bridgehead atoms. The summed E-state index contributed by atoms with van der Waals surface area (Å²) in [7, 11) is 0. The number of hydrogen-bond acceptors (Lipinski definition) is 7. The third kappa shape index (κ3) is 3.63. The van der Waals surface area contributed by atoms with Gasteiger partial charge in [0, 0.05) is 23.0 Å². The first-order chi connectivity index (χ1) is 14.1. The van der Waals surface area contributed by atoms with Crippen molar-refractivity contribution in [2.75, 3.05) is 12.1 Å². The number of allylic oxidation sites excluding steroid dienone is 2. The molecule has 2 aromatic carbocycles. The predicted molar refractivity (Wildman–Crippen MR) is 110 cm³/mol. The molecule has 0 aliphatic carbocycles. The Morgan fingerprint density at radius 1 is 1.21 bits per heavy atom. The number of benzene rings is 2. The number of ether oxygens (including phenoxy) is 2. The van der Waals surface area contributed by atoms with Crippen molar-refractivity contribution in [1.82, 2.24) is 4.98 Å². The Kier molecular flexibility index (Phi) is 4.89. The van der Waals surface area contributed by atoms with Gasteiger partial charge in [-0.3, -0.25) is 4.79 Å². The molecule has 0 unspecified atom stereocenters. The van der Waals surface area contributed by atoms with E-state index in [0.29, 0.717) is 38.5 Å². The van der Waals surface area contributed by atoms with Crippen LogP contribution in [0.2, 0.25) is 0 Å². The lowest BCUT2D eigenvalue weighted by Gasteiger charge is -2.06. The predicted octanol–water partition coefficient (Wildman–Crippen LogP) is 4.00. The summed E-state index contributed by atoms with van der Waals surface area (Å²) in [6, 6.07) is 16.6. The highest BCUT2D eigenvalue weighted by Crippen LogP contribution is 2.36. The molecule has 0 radical (unpaired) electrons. The van der Waals surface area contributed by atoms with Gasteiger partial charge in [-0.05, 0) is 19.1 Å². The van der Waals surface area contributed by atoms with Crippen LogP contribution in [-0.2, 0) is 0 Å². The van der Waals surface area contributed by atoms with Crippen molar-refractivity contribution in [3.8, 4) is 28.8 Å². The number of aromatic nitrogens is 1. The molecular weight excluding hydrogens is 388 g/mol. The number of hydrogen-bond donors (Lipinski definition) is 2. The largest absolute Gasteiger partial charge is 0.454 e. The Labute approximate surface area is 171 Å². The number of nitrogens with one attached hydrogen (secondary N) is 1. The number of nitriles is 1. The highest BCUT2D eigenvalue weighted by molar-refractivity contribution is 7.15. The average Bonchev–Trinajstić information content (AvgIpc) is 3.36. The number of fused-ring (bicyclic) bond motifs is 1. The van der Waals surface area contributed by atoms with Gasteiger partial charge in [0.15, 0.2) is 11.5 Å². The Hall–Kier alpha value is -3.83. The minimum absolute atomic E-state index is 0.158. The molecule has 8 heteroatoms. The van der Waals surface area contributed by atoms with Crippen LogP contribution in [0.25, 0.3) is 16.8 Å². The molecule has 1 aromatic heterocycles. The van der Waals surface area contributed by atoms with E-state index in [1.54, 1.807) is 25.1 Å². The van der Waals surface area contributed by atoms with Gasteiger partial charge in [-0.2, -0.15) is 5.26 Å². The number of carbonyl (C=O) groups excluding carboxylic acids is 1. The summed E-state index contributed by atoms with van der Waals surface area (Å²) < 4.78 is 10.7. The monoisotopic (exact) mass is 404 g/mol. The maximum Gasteiger partial charge on any atom is 0.268 e. The minimum Gasteiger partial charge on any atom is -0.454 e. The molecule has 4 rings (SSSR count). The molecule has 1 aliphatic rings. The highest BCUT2D eigenvalue weighted by Gasteiger charge is 2.23. The maximum absolute atomic E-state index is 13.1. The Morgan fingerprint density at radius 3 is 2.69 bits per heavy atom. The highest BCUT2D eigenvalue weighted by atomic mass is 32.1. The maximum atomic E-state index is 13.1. The zero-order valence-electron chi connectivity index (χ0n) is 15.4. The topological polar surface area (TPSA) is 110 Å². The molecule has 144 valence electrons. The average molecular weight is 404 g/mol. The molecule has 0 spiro atoms. The second-order valence-electron chi connectivity index (χ2n) is 6.25. The van der Waals surface area contributed by atoms with Crippen molar-refractivity contribution in [3.05, 3.63) is 64.1 Å².